The van der Waals surface area contributed by atoms with Crippen LogP contribution in [0, 0.1) is 5.82 Å². The minimum Gasteiger partial charge on any atom is -0.497 e. The molecule has 0 aromatic heterocycles. The van der Waals surface area contributed by atoms with Gasteiger partial charge in [0.2, 0.25) is 10.0 Å². The van der Waals surface area contributed by atoms with E-state index < -0.39 is 32.7 Å². The fraction of sp³-hybridized carbons (Fsp3) is 0.417. The van der Waals surface area contributed by atoms with Crippen molar-refractivity contribution in [3.05, 3.63) is 24.0 Å². The fourth-order valence-corrected chi connectivity index (χ4v) is 2.88. The van der Waals surface area contributed by atoms with E-state index in [1.54, 1.807) is 6.92 Å². The summed E-state index contributed by atoms with van der Waals surface area (Å²) in [6.07, 6.45) is 0.594. The average molecular weight is 305 g/mol. The Morgan fingerprint density at radius 3 is 2.60 bits per heavy atom. The smallest absolute Gasteiger partial charge is 0.321 e. The van der Waals surface area contributed by atoms with Crippen LogP contribution in [0.2, 0.25) is 0 Å². The Kier molecular flexibility index (Phi) is 5.46. The van der Waals surface area contributed by atoms with Gasteiger partial charge in [-0.2, -0.15) is 4.72 Å². The van der Waals surface area contributed by atoms with E-state index in [0.29, 0.717) is 6.42 Å². The van der Waals surface area contributed by atoms with Gasteiger partial charge in [0.1, 0.15) is 22.5 Å². The summed E-state index contributed by atoms with van der Waals surface area (Å²) in [6, 6.07) is 1.95. The first-order valence-electron chi connectivity index (χ1n) is 5.90. The molecule has 0 radical (unpaired) electrons. The molecule has 1 aromatic rings. The summed E-state index contributed by atoms with van der Waals surface area (Å²) in [6.45, 7) is 1.72. The predicted octanol–water partition coefficient (Wildman–Crippen LogP) is 1.37. The van der Waals surface area contributed by atoms with Crippen LogP contribution in [0.1, 0.15) is 19.8 Å². The molecule has 1 unspecified atom stereocenters. The minimum atomic E-state index is -4.24. The van der Waals surface area contributed by atoms with Crippen LogP contribution in [0.15, 0.2) is 23.1 Å². The van der Waals surface area contributed by atoms with E-state index in [1.165, 1.54) is 13.2 Å². The summed E-state index contributed by atoms with van der Waals surface area (Å²) in [5, 5.41) is 8.93. The molecule has 0 spiro atoms. The van der Waals surface area contributed by atoms with Crippen molar-refractivity contribution >= 4 is 16.0 Å². The van der Waals surface area contributed by atoms with Gasteiger partial charge in [0.15, 0.2) is 0 Å². The number of halogens is 1. The predicted molar refractivity (Wildman–Crippen MR) is 69.6 cm³/mol. The molecular formula is C12H16FNO5S. The van der Waals surface area contributed by atoms with Gasteiger partial charge in [-0.3, -0.25) is 4.79 Å². The number of rotatable bonds is 7. The number of sulfonamides is 1. The number of carboxylic acids is 1. The molecule has 0 fully saturated rings. The normalized spacial score (nSPS) is 12.9. The van der Waals surface area contributed by atoms with Gasteiger partial charge in [-0.15, -0.1) is 0 Å². The van der Waals surface area contributed by atoms with Crippen molar-refractivity contribution in [2.45, 2.75) is 30.7 Å². The number of aliphatic carboxylic acids is 1. The number of hydrogen-bond donors (Lipinski definition) is 2. The highest BCUT2D eigenvalue weighted by Crippen LogP contribution is 2.20. The van der Waals surface area contributed by atoms with Crippen LogP contribution >= 0.6 is 0 Å². The lowest BCUT2D eigenvalue weighted by molar-refractivity contribution is -0.139. The first-order valence-corrected chi connectivity index (χ1v) is 7.38. The van der Waals surface area contributed by atoms with Crippen LogP contribution in [-0.4, -0.2) is 32.6 Å². The Hall–Kier alpha value is -1.67. The third-order valence-corrected chi connectivity index (χ3v) is 4.11. The average Bonchev–Trinajstić information content (AvgIpc) is 2.37. The number of methoxy groups -OCH3 is 1. The molecule has 1 rings (SSSR count). The maximum absolute atomic E-state index is 13.7. The molecule has 8 heteroatoms. The van der Waals surface area contributed by atoms with Crippen LogP contribution in [0.3, 0.4) is 0 Å². The highest BCUT2D eigenvalue weighted by molar-refractivity contribution is 7.89. The van der Waals surface area contributed by atoms with Gasteiger partial charge in [0, 0.05) is 6.07 Å². The molecule has 0 bridgehead atoms. The van der Waals surface area contributed by atoms with Crippen molar-refractivity contribution in [2.75, 3.05) is 7.11 Å². The molecule has 0 saturated heterocycles. The zero-order valence-electron chi connectivity index (χ0n) is 11.1. The zero-order valence-corrected chi connectivity index (χ0v) is 11.9. The first kappa shape index (κ1) is 16.4. The van der Waals surface area contributed by atoms with Crippen molar-refractivity contribution < 1.29 is 27.4 Å². The van der Waals surface area contributed by atoms with E-state index in [1.807, 2.05) is 4.72 Å². The van der Waals surface area contributed by atoms with Gasteiger partial charge < -0.3 is 9.84 Å². The van der Waals surface area contributed by atoms with Crippen LogP contribution in [0.25, 0.3) is 0 Å². The third kappa shape index (κ3) is 3.91. The van der Waals surface area contributed by atoms with Crippen LogP contribution in [-0.2, 0) is 14.8 Å². The third-order valence-electron chi connectivity index (χ3n) is 2.60. The molecule has 0 aliphatic carbocycles. The van der Waals surface area contributed by atoms with E-state index in [-0.39, 0.29) is 12.2 Å². The summed E-state index contributed by atoms with van der Waals surface area (Å²) in [7, 11) is -2.92. The SMILES string of the molecule is CCCC(NS(=O)(=O)c1ccc(OC)cc1F)C(=O)O. The van der Waals surface area contributed by atoms with Gasteiger partial charge >= 0.3 is 5.97 Å². The largest absolute Gasteiger partial charge is 0.497 e. The number of nitrogens with one attached hydrogen (secondary N) is 1. The molecule has 0 amide bonds. The molecule has 1 atom stereocenters. The van der Waals surface area contributed by atoms with Gasteiger partial charge in [-0.1, -0.05) is 13.3 Å². The summed E-state index contributed by atoms with van der Waals surface area (Å²) in [5.41, 5.74) is 0. The minimum absolute atomic E-state index is 0.117. The Balaban J connectivity index is 3.07. The van der Waals surface area contributed by atoms with Gasteiger partial charge in [-0.05, 0) is 18.6 Å². The van der Waals surface area contributed by atoms with Gasteiger partial charge in [0.25, 0.3) is 0 Å². The summed E-state index contributed by atoms with van der Waals surface area (Å²) in [5.74, 6) is -2.13. The van der Waals surface area contributed by atoms with Gasteiger partial charge in [0.05, 0.1) is 7.11 Å². The first-order chi connectivity index (χ1) is 9.31. The maximum atomic E-state index is 13.7. The van der Waals surface area contributed by atoms with Crippen molar-refractivity contribution in [3.63, 3.8) is 0 Å². The molecule has 0 saturated carbocycles. The molecule has 6 nitrogen and oxygen atoms in total. The molecule has 20 heavy (non-hydrogen) atoms. The maximum Gasteiger partial charge on any atom is 0.321 e. The molecular weight excluding hydrogens is 289 g/mol. The Morgan fingerprint density at radius 1 is 1.50 bits per heavy atom. The topological polar surface area (TPSA) is 92.7 Å². The number of carbonyl (C=O) groups is 1. The number of carboxylic acid groups (broad SMARTS) is 1. The zero-order chi connectivity index (χ0) is 15.3. The fourth-order valence-electron chi connectivity index (χ4n) is 1.60. The lowest BCUT2D eigenvalue weighted by atomic mass is 10.2. The number of ether oxygens (including phenoxy) is 1. The quantitative estimate of drug-likeness (QED) is 0.793. The van der Waals surface area contributed by atoms with E-state index in [9.17, 15) is 17.6 Å². The molecule has 1 aromatic carbocycles. The summed E-state index contributed by atoms with van der Waals surface area (Å²) >= 11 is 0. The number of benzene rings is 1. The Labute approximate surface area is 116 Å². The van der Waals surface area contributed by atoms with Crippen molar-refractivity contribution in [1.82, 2.24) is 4.72 Å². The number of hydrogen-bond acceptors (Lipinski definition) is 4. The molecule has 112 valence electrons. The summed E-state index contributed by atoms with van der Waals surface area (Å²) in [4.78, 5) is 10.3. The van der Waals surface area contributed by atoms with Gasteiger partial charge in [-0.25, -0.2) is 12.8 Å². The van der Waals surface area contributed by atoms with Crippen LogP contribution in [0.4, 0.5) is 4.39 Å². The molecule has 0 aliphatic rings. The summed E-state index contributed by atoms with van der Waals surface area (Å²) < 4.78 is 44.4. The Morgan fingerprint density at radius 2 is 2.15 bits per heavy atom. The second-order valence-electron chi connectivity index (χ2n) is 4.10. The van der Waals surface area contributed by atoms with Crippen LogP contribution in [0.5, 0.6) is 5.75 Å². The Bertz CT molecular complexity index is 588. The lowest BCUT2D eigenvalue weighted by Crippen LogP contribution is -2.40. The van der Waals surface area contributed by atoms with E-state index >= 15 is 0 Å². The standard InChI is InChI=1S/C12H16FNO5S/c1-3-4-10(12(15)16)14-20(17,18)11-6-5-8(19-2)7-9(11)13/h5-7,10,14H,3-4H2,1-2H3,(H,15,16). The van der Waals surface area contributed by atoms with Crippen molar-refractivity contribution in [2.24, 2.45) is 0 Å². The second-order valence-corrected chi connectivity index (χ2v) is 5.78. The lowest BCUT2D eigenvalue weighted by Gasteiger charge is -2.14. The highest BCUT2D eigenvalue weighted by atomic mass is 32.2. The molecule has 2 N–H and O–H groups in total. The van der Waals surface area contributed by atoms with E-state index in [4.69, 9.17) is 9.84 Å². The van der Waals surface area contributed by atoms with E-state index in [2.05, 4.69) is 0 Å². The van der Waals surface area contributed by atoms with Crippen molar-refractivity contribution in [3.8, 4) is 5.75 Å². The van der Waals surface area contributed by atoms with Crippen molar-refractivity contribution in [1.29, 1.82) is 0 Å². The van der Waals surface area contributed by atoms with E-state index in [0.717, 1.165) is 12.1 Å². The van der Waals surface area contributed by atoms with Crippen LogP contribution < -0.4 is 9.46 Å². The highest BCUT2D eigenvalue weighted by Gasteiger charge is 2.27. The monoisotopic (exact) mass is 305 g/mol. The molecule has 0 heterocycles. The second kappa shape index (κ2) is 6.67. The molecule has 0 aliphatic heterocycles.